The second kappa shape index (κ2) is 7.29. The summed E-state index contributed by atoms with van der Waals surface area (Å²) in [4.78, 5) is 11.0. The van der Waals surface area contributed by atoms with E-state index in [2.05, 4.69) is 22.2 Å². The maximum Gasteiger partial charge on any atom is 0.150 e. The van der Waals surface area contributed by atoms with Gasteiger partial charge in [-0.25, -0.2) is 9.97 Å². The Morgan fingerprint density at radius 2 is 2.05 bits per heavy atom. The predicted molar refractivity (Wildman–Crippen MR) is 92.0 cm³/mol. The minimum atomic E-state index is 0.537. The molecule has 0 aliphatic heterocycles. The molecular formula is C14H18Cl2N4S. The molecule has 0 saturated carbocycles. The lowest BCUT2D eigenvalue weighted by molar-refractivity contribution is 0.869. The first kappa shape index (κ1) is 16.3. The van der Waals surface area contributed by atoms with Gasteiger partial charge >= 0.3 is 0 Å². The molecule has 0 unspecified atom stereocenters. The van der Waals surface area contributed by atoms with Gasteiger partial charge in [-0.1, -0.05) is 30.1 Å². The third-order valence-corrected chi connectivity index (χ3v) is 4.27. The van der Waals surface area contributed by atoms with E-state index in [-0.39, 0.29) is 0 Å². The monoisotopic (exact) mass is 344 g/mol. The Bertz CT molecular complexity index is 615. The molecule has 0 fully saturated rings. The van der Waals surface area contributed by atoms with E-state index < -0.39 is 0 Å². The van der Waals surface area contributed by atoms with E-state index >= 15 is 0 Å². The van der Waals surface area contributed by atoms with Crippen LogP contribution >= 0.6 is 34.5 Å². The number of nitrogens with one attached hydrogen (secondary N) is 1. The minimum Gasteiger partial charge on any atom is -0.369 e. The second-order valence-corrected chi connectivity index (χ2v) is 6.64. The number of nitrogens with zero attached hydrogens (tertiary/aromatic N) is 3. The van der Waals surface area contributed by atoms with Gasteiger partial charge in [0, 0.05) is 19.0 Å². The van der Waals surface area contributed by atoms with Gasteiger partial charge in [0.2, 0.25) is 0 Å². The normalized spacial score (nSPS) is 10.7. The number of hydrogen-bond donors (Lipinski definition) is 1. The van der Waals surface area contributed by atoms with Crippen molar-refractivity contribution in [3.63, 3.8) is 0 Å². The van der Waals surface area contributed by atoms with Crippen LogP contribution in [0.1, 0.15) is 24.0 Å². The Balaban J connectivity index is 2.20. The molecule has 21 heavy (non-hydrogen) atoms. The number of thiazole rings is 1. The number of pyridine rings is 1. The first-order valence-electron chi connectivity index (χ1n) is 6.73. The van der Waals surface area contributed by atoms with E-state index in [4.69, 9.17) is 23.2 Å². The second-order valence-electron chi connectivity index (χ2n) is 4.76. The highest BCUT2D eigenvalue weighted by Crippen LogP contribution is 2.31. The smallest absolute Gasteiger partial charge is 0.150 e. The van der Waals surface area contributed by atoms with Gasteiger partial charge in [0.15, 0.2) is 0 Å². The fraction of sp³-hybridized carbons (Fsp3) is 0.429. The Hall–Kier alpha value is -1.04. The highest BCUT2D eigenvalue weighted by Gasteiger charge is 2.14. The van der Waals surface area contributed by atoms with Gasteiger partial charge < -0.3 is 10.2 Å². The summed E-state index contributed by atoms with van der Waals surface area (Å²) in [6.45, 7) is 5.57. The molecule has 2 aromatic rings. The van der Waals surface area contributed by atoms with Crippen LogP contribution < -0.4 is 10.2 Å². The van der Waals surface area contributed by atoms with Crippen LogP contribution in [0.2, 0.25) is 10.0 Å². The van der Waals surface area contributed by atoms with Crippen LogP contribution in [-0.4, -0.2) is 23.6 Å². The summed E-state index contributed by atoms with van der Waals surface area (Å²) in [5.74, 6) is 1.37. The van der Waals surface area contributed by atoms with Crippen LogP contribution in [0.3, 0.4) is 0 Å². The van der Waals surface area contributed by atoms with E-state index in [0.29, 0.717) is 28.2 Å². The van der Waals surface area contributed by atoms with Crippen molar-refractivity contribution in [1.82, 2.24) is 9.97 Å². The number of aryl methyl sites for hydroxylation is 1. The highest BCUT2D eigenvalue weighted by molar-refractivity contribution is 7.09. The molecule has 4 nitrogen and oxygen atoms in total. The molecule has 7 heteroatoms. The molecule has 0 atom stereocenters. The van der Waals surface area contributed by atoms with Crippen molar-refractivity contribution in [2.75, 3.05) is 23.8 Å². The van der Waals surface area contributed by atoms with Gasteiger partial charge in [-0.3, -0.25) is 0 Å². The molecule has 0 amide bonds. The lowest BCUT2D eigenvalue weighted by Gasteiger charge is -2.20. The van der Waals surface area contributed by atoms with E-state index in [1.54, 1.807) is 17.4 Å². The Morgan fingerprint density at radius 3 is 2.67 bits per heavy atom. The number of hydrogen-bond acceptors (Lipinski definition) is 5. The Kier molecular flexibility index (Phi) is 5.67. The number of halogens is 2. The lowest BCUT2D eigenvalue weighted by atomic mass is 10.3. The Labute approximate surface area is 139 Å². The van der Waals surface area contributed by atoms with E-state index in [9.17, 15) is 0 Å². The minimum absolute atomic E-state index is 0.537. The fourth-order valence-corrected chi connectivity index (χ4v) is 3.06. The van der Waals surface area contributed by atoms with Crippen LogP contribution in [-0.2, 0) is 6.54 Å². The molecule has 1 N–H and O–H groups in total. The van der Waals surface area contributed by atoms with Gasteiger partial charge in [0.25, 0.3) is 0 Å². The predicted octanol–water partition coefficient (Wildman–Crippen LogP) is 4.61. The number of rotatable bonds is 6. The average Bonchev–Trinajstić information content (AvgIpc) is 2.83. The van der Waals surface area contributed by atoms with Crippen molar-refractivity contribution < 1.29 is 0 Å². The molecular weight excluding hydrogens is 327 g/mol. The average molecular weight is 345 g/mol. The summed E-state index contributed by atoms with van der Waals surface area (Å²) in [5, 5.41) is 7.39. The van der Waals surface area contributed by atoms with E-state index in [1.807, 2.05) is 24.3 Å². The highest BCUT2D eigenvalue weighted by atomic mass is 35.5. The quantitative estimate of drug-likeness (QED) is 0.830. The molecule has 0 saturated heterocycles. The summed E-state index contributed by atoms with van der Waals surface area (Å²) >= 11 is 14.1. The zero-order chi connectivity index (χ0) is 15.4. The Morgan fingerprint density at radius 1 is 1.29 bits per heavy atom. The summed E-state index contributed by atoms with van der Waals surface area (Å²) in [6, 6.07) is 1.73. The lowest BCUT2D eigenvalue weighted by Crippen LogP contribution is -2.19. The SMILES string of the molecule is CCCNc1nc(N(C)Cc2csc(C)n2)c(Cl)cc1Cl. The van der Waals surface area contributed by atoms with Crippen molar-refractivity contribution in [2.24, 2.45) is 0 Å². The summed E-state index contributed by atoms with van der Waals surface area (Å²) in [7, 11) is 1.94. The van der Waals surface area contributed by atoms with Crippen molar-refractivity contribution in [3.05, 3.63) is 32.2 Å². The standard InChI is InChI=1S/C14H18Cl2N4S/c1-4-5-17-13-11(15)6-12(16)14(19-13)20(3)7-10-8-21-9(2)18-10/h6,8H,4-5,7H2,1-3H3,(H,17,19). The van der Waals surface area contributed by atoms with Crippen LogP contribution in [0.25, 0.3) is 0 Å². The van der Waals surface area contributed by atoms with Gasteiger partial charge in [-0.05, 0) is 19.4 Å². The van der Waals surface area contributed by atoms with E-state index in [1.165, 1.54) is 0 Å². The maximum absolute atomic E-state index is 6.27. The molecule has 0 spiro atoms. The van der Waals surface area contributed by atoms with E-state index in [0.717, 1.165) is 23.7 Å². The van der Waals surface area contributed by atoms with Crippen molar-refractivity contribution in [2.45, 2.75) is 26.8 Å². The van der Waals surface area contributed by atoms with Crippen LogP contribution in [0.4, 0.5) is 11.6 Å². The number of aromatic nitrogens is 2. The molecule has 2 aromatic heterocycles. The third-order valence-electron chi connectivity index (χ3n) is 2.88. The molecule has 114 valence electrons. The van der Waals surface area contributed by atoms with Crippen molar-refractivity contribution in [1.29, 1.82) is 0 Å². The maximum atomic E-state index is 6.27. The molecule has 2 heterocycles. The molecule has 0 radical (unpaired) electrons. The molecule has 0 aliphatic rings. The van der Waals surface area contributed by atoms with Crippen molar-refractivity contribution >= 4 is 46.2 Å². The molecule has 0 aromatic carbocycles. The molecule has 2 rings (SSSR count). The summed E-state index contributed by atoms with van der Waals surface area (Å²) in [5.41, 5.74) is 1.01. The van der Waals surface area contributed by atoms with Crippen LogP contribution in [0.5, 0.6) is 0 Å². The number of anilines is 2. The zero-order valence-corrected chi connectivity index (χ0v) is 14.6. The van der Waals surface area contributed by atoms with Gasteiger partial charge in [0.1, 0.15) is 11.6 Å². The fourth-order valence-electron chi connectivity index (χ4n) is 1.89. The first-order chi connectivity index (χ1) is 10.0. The first-order valence-corrected chi connectivity index (χ1v) is 8.37. The van der Waals surface area contributed by atoms with Gasteiger partial charge in [-0.15, -0.1) is 11.3 Å². The third kappa shape index (κ3) is 4.22. The molecule has 0 bridgehead atoms. The summed E-state index contributed by atoms with van der Waals surface area (Å²) in [6.07, 6.45) is 1.00. The zero-order valence-electron chi connectivity index (χ0n) is 12.3. The van der Waals surface area contributed by atoms with Gasteiger partial charge in [-0.2, -0.15) is 0 Å². The molecule has 0 aliphatic carbocycles. The topological polar surface area (TPSA) is 41.1 Å². The largest absolute Gasteiger partial charge is 0.369 e. The van der Waals surface area contributed by atoms with Gasteiger partial charge in [0.05, 0.1) is 27.3 Å². The van der Waals surface area contributed by atoms with Crippen LogP contribution in [0.15, 0.2) is 11.4 Å². The van der Waals surface area contributed by atoms with Crippen molar-refractivity contribution in [3.8, 4) is 0 Å². The van der Waals surface area contributed by atoms with Crippen LogP contribution in [0, 0.1) is 6.92 Å². The summed E-state index contributed by atoms with van der Waals surface area (Å²) < 4.78 is 0.